The van der Waals surface area contributed by atoms with Crippen LogP contribution in [0.25, 0.3) is 0 Å². The van der Waals surface area contributed by atoms with Crippen LogP contribution in [0.4, 0.5) is 5.69 Å². The molecule has 1 aliphatic heterocycles. The molecule has 1 unspecified atom stereocenters. The third kappa shape index (κ3) is 4.69. The zero-order valence-electron chi connectivity index (χ0n) is 14.6. The molecule has 2 aromatic carbocycles. The molecule has 0 amide bonds. The first kappa shape index (κ1) is 17.7. The third-order valence-corrected chi connectivity index (χ3v) is 5.52. The first-order valence-electron chi connectivity index (χ1n) is 8.80. The molecule has 2 aromatic rings. The number of guanidine groups is 1. The number of nitrogens with zero attached hydrogens (tertiary/aromatic N) is 2. The molecule has 1 heterocycles. The van der Waals surface area contributed by atoms with Gasteiger partial charge in [-0.15, -0.1) is 0 Å². The van der Waals surface area contributed by atoms with Gasteiger partial charge < -0.3 is 10.2 Å². The van der Waals surface area contributed by atoms with Crippen LogP contribution in [0, 0.1) is 0 Å². The van der Waals surface area contributed by atoms with Crippen LogP contribution >= 0.6 is 0 Å². The van der Waals surface area contributed by atoms with Gasteiger partial charge in [-0.2, -0.15) is 0 Å². The Labute approximate surface area is 152 Å². The molecule has 25 heavy (non-hydrogen) atoms. The molecule has 0 spiro atoms. The van der Waals surface area contributed by atoms with Crippen LogP contribution in [-0.4, -0.2) is 35.6 Å². The fourth-order valence-corrected chi connectivity index (χ4v) is 4.04. The zero-order valence-corrected chi connectivity index (χ0v) is 15.5. The predicted octanol–water partition coefficient (Wildman–Crippen LogP) is 2.96. The molecule has 0 aliphatic carbocycles. The molecule has 132 valence electrons. The number of hydrogen-bond donors (Lipinski definition) is 1. The molecule has 4 nitrogen and oxygen atoms in total. The van der Waals surface area contributed by atoms with Crippen LogP contribution < -0.4 is 10.2 Å². The summed E-state index contributed by atoms with van der Waals surface area (Å²) in [7, 11) is -0.891. The fraction of sp³-hybridized carbons (Fsp3) is 0.350. The Balaban J connectivity index is 1.60. The summed E-state index contributed by atoms with van der Waals surface area (Å²) in [4.78, 5) is 6.95. The summed E-state index contributed by atoms with van der Waals surface area (Å²) >= 11 is 0. The molecule has 0 fully saturated rings. The number of benzene rings is 2. The summed E-state index contributed by atoms with van der Waals surface area (Å²) in [6.45, 7) is 4.41. The van der Waals surface area contributed by atoms with E-state index in [4.69, 9.17) is 4.99 Å². The van der Waals surface area contributed by atoms with Crippen molar-refractivity contribution in [3.8, 4) is 0 Å². The van der Waals surface area contributed by atoms with Crippen molar-refractivity contribution >= 4 is 22.4 Å². The van der Waals surface area contributed by atoms with Gasteiger partial charge in [0.2, 0.25) is 0 Å². The molecule has 0 saturated heterocycles. The topological polar surface area (TPSA) is 44.7 Å². The number of anilines is 1. The number of aliphatic imine (C=N–C) groups is 1. The SMILES string of the molecule is CCNC(=NCCS(=O)Cc1ccccc1)N1CCc2ccccc21. The molecule has 0 aromatic heterocycles. The second kappa shape index (κ2) is 8.81. The Morgan fingerprint density at radius 2 is 1.92 bits per heavy atom. The largest absolute Gasteiger partial charge is 0.356 e. The van der Waals surface area contributed by atoms with E-state index in [2.05, 4.69) is 41.4 Å². The van der Waals surface area contributed by atoms with E-state index in [1.54, 1.807) is 0 Å². The normalized spacial score (nSPS) is 15.1. The van der Waals surface area contributed by atoms with Gasteiger partial charge in [0, 0.05) is 41.1 Å². The number of fused-ring (bicyclic) bond motifs is 1. The summed E-state index contributed by atoms with van der Waals surface area (Å²) in [5, 5.41) is 3.37. The lowest BCUT2D eigenvalue weighted by molar-refractivity contribution is 0.682. The molecular weight excluding hydrogens is 330 g/mol. The Morgan fingerprint density at radius 1 is 1.16 bits per heavy atom. The minimum Gasteiger partial charge on any atom is -0.356 e. The van der Waals surface area contributed by atoms with Crippen molar-refractivity contribution in [1.29, 1.82) is 0 Å². The van der Waals surface area contributed by atoms with E-state index in [1.807, 2.05) is 30.3 Å². The van der Waals surface area contributed by atoms with Crippen molar-refractivity contribution in [3.05, 3.63) is 65.7 Å². The van der Waals surface area contributed by atoms with Crippen LogP contribution in [0.1, 0.15) is 18.1 Å². The van der Waals surface area contributed by atoms with Gasteiger partial charge >= 0.3 is 0 Å². The van der Waals surface area contributed by atoms with Gasteiger partial charge in [0.25, 0.3) is 0 Å². The number of hydrogen-bond acceptors (Lipinski definition) is 2. The summed E-state index contributed by atoms with van der Waals surface area (Å²) in [6, 6.07) is 18.5. The maximum Gasteiger partial charge on any atom is 0.198 e. The zero-order chi connectivity index (χ0) is 17.5. The van der Waals surface area contributed by atoms with E-state index in [0.29, 0.717) is 18.1 Å². The van der Waals surface area contributed by atoms with Gasteiger partial charge in [-0.25, -0.2) is 0 Å². The second-order valence-corrected chi connectivity index (χ2v) is 7.62. The molecule has 1 aliphatic rings. The van der Waals surface area contributed by atoms with E-state index in [9.17, 15) is 4.21 Å². The quantitative estimate of drug-likeness (QED) is 0.640. The summed E-state index contributed by atoms with van der Waals surface area (Å²) in [5.74, 6) is 2.07. The van der Waals surface area contributed by atoms with E-state index in [-0.39, 0.29) is 0 Å². The minimum atomic E-state index is -0.891. The van der Waals surface area contributed by atoms with Crippen LogP contribution in [0.2, 0.25) is 0 Å². The molecule has 1 N–H and O–H groups in total. The minimum absolute atomic E-state index is 0.570. The van der Waals surface area contributed by atoms with Crippen molar-refractivity contribution in [2.45, 2.75) is 19.1 Å². The smallest absolute Gasteiger partial charge is 0.198 e. The van der Waals surface area contributed by atoms with Crippen LogP contribution in [0.15, 0.2) is 59.6 Å². The maximum atomic E-state index is 12.3. The highest BCUT2D eigenvalue weighted by Crippen LogP contribution is 2.27. The molecule has 0 bridgehead atoms. The highest BCUT2D eigenvalue weighted by atomic mass is 32.2. The molecule has 5 heteroatoms. The summed E-state index contributed by atoms with van der Waals surface area (Å²) < 4.78 is 12.3. The molecule has 0 radical (unpaired) electrons. The molecule has 1 atom stereocenters. The predicted molar refractivity (Wildman–Crippen MR) is 107 cm³/mol. The van der Waals surface area contributed by atoms with Crippen molar-refractivity contribution in [2.24, 2.45) is 4.99 Å². The Kier molecular flexibility index (Phi) is 6.23. The van der Waals surface area contributed by atoms with E-state index in [1.165, 1.54) is 11.3 Å². The van der Waals surface area contributed by atoms with Crippen molar-refractivity contribution in [3.63, 3.8) is 0 Å². The van der Waals surface area contributed by atoms with Crippen LogP contribution in [-0.2, 0) is 23.0 Å². The molecular formula is C20H25N3OS. The Bertz CT molecular complexity index is 746. The first-order valence-corrected chi connectivity index (χ1v) is 10.3. The second-order valence-electron chi connectivity index (χ2n) is 6.04. The van der Waals surface area contributed by atoms with Crippen LogP contribution in [0.5, 0.6) is 0 Å². The standard InChI is InChI=1S/C20H25N3OS/c1-2-21-20(23-14-12-18-10-6-7-11-19(18)23)22-13-15-25(24)16-17-8-4-3-5-9-17/h3-11H,2,12-16H2,1H3,(H,21,22). The van der Waals surface area contributed by atoms with Gasteiger partial charge in [0.1, 0.15) is 0 Å². The average molecular weight is 356 g/mol. The Morgan fingerprint density at radius 3 is 2.72 bits per heavy atom. The lowest BCUT2D eigenvalue weighted by atomic mass is 10.2. The van der Waals surface area contributed by atoms with Gasteiger partial charge in [0.15, 0.2) is 5.96 Å². The van der Waals surface area contributed by atoms with E-state index >= 15 is 0 Å². The molecule has 0 saturated carbocycles. The van der Waals surface area contributed by atoms with Gasteiger partial charge in [-0.3, -0.25) is 9.20 Å². The maximum absolute atomic E-state index is 12.3. The van der Waals surface area contributed by atoms with Crippen molar-refractivity contribution in [2.75, 3.05) is 30.3 Å². The fourth-order valence-electron chi connectivity index (χ4n) is 3.04. The lowest BCUT2D eigenvalue weighted by Crippen LogP contribution is -2.40. The van der Waals surface area contributed by atoms with Gasteiger partial charge in [-0.1, -0.05) is 48.5 Å². The monoisotopic (exact) mass is 355 g/mol. The van der Waals surface area contributed by atoms with Gasteiger partial charge in [0.05, 0.1) is 6.54 Å². The first-order chi connectivity index (χ1) is 12.3. The average Bonchev–Trinajstić information content (AvgIpc) is 3.06. The number of para-hydroxylation sites is 1. The highest BCUT2D eigenvalue weighted by molar-refractivity contribution is 7.84. The lowest BCUT2D eigenvalue weighted by Gasteiger charge is -2.22. The number of rotatable bonds is 6. The summed E-state index contributed by atoms with van der Waals surface area (Å²) in [6.07, 6.45) is 1.04. The molecule has 3 rings (SSSR count). The summed E-state index contributed by atoms with van der Waals surface area (Å²) in [5.41, 5.74) is 3.71. The van der Waals surface area contributed by atoms with Crippen molar-refractivity contribution in [1.82, 2.24) is 5.32 Å². The third-order valence-electron chi connectivity index (χ3n) is 4.23. The van der Waals surface area contributed by atoms with E-state index in [0.717, 1.165) is 31.0 Å². The Hall–Kier alpha value is -2.14. The van der Waals surface area contributed by atoms with Gasteiger partial charge in [-0.05, 0) is 30.5 Å². The van der Waals surface area contributed by atoms with Crippen LogP contribution in [0.3, 0.4) is 0 Å². The highest BCUT2D eigenvalue weighted by Gasteiger charge is 2.22. The van der Waals surface area contributed by atoms with Crippen molar-refractivity contribution < 1.29 is 4.21 Å². The van der Waals surface area contributed by atoms with E-state index < -0.39 is 10.8 Å². The number of nitrogens with one attached hydrogen (secondary N) is 1.